The highest BCUT2D eigenvalue weighted by Crippen LogP contribution is 2.34. The highest BCUT2D eigenvalue weighted by molar-refractivity contribution is 6.33. The normalized spacial score (nSPS) is 17.3. The van der Waals surface area contributed by atoms with E-state index in [-0.39, 0.29) is 52.2 Å². The molecule has 2 aliphatic rings. The maximum absolute atomic E-state index is 14.2. The van der Waals surface area contributed by atoms with Crippen LogP contribution in [-0.2, 0) is 28.7 Å². The fourth-order valence-corrected chi connectivity index (χ4v) is 6.53. The van der Waals surface area contributed by atoms with E-state index in [1.165, 1.54) is 0 Å². The van der Waals surface area contributed by atoms with Crippen molar-refractivity contribution in [1.82, 2.24) is 34.0 Å². The molecule has 5 heterocycles. The van der Waals surface area contributed by atoms with Gasteiger partial charge < -0.3 is 24.6 Å². The largest absolute Gasteiger partial charge is 0.504 e. The van der Waals surface area contributed by atoms with Crippen molar-refractivity contribution >= 4 is 46.5 Å². The van der Waals surface area contributed by atoms with E-state index in [0.717, 1.165) is 33.9 Å². The number of fused-ring (bicyclic) bond motifs is 1. The van der Waals surface area contributed by atoms with Crippen LogP contribution in [0, 0.1) is 13.8 Å². The predicted octanol–water partition coefficient (Wildman–Crippen LogP) is 5.00. The number of anilines is 1. The quantitative estimate of drug-likeness (QED) is 0.268. The van der Waals surface area contributed by atoms with Gasteiger partial charge in [0, 0.05) is 12.2 Å². The van der Waals surface area contributed by atoms with Gasteiger partial charge in [0.15, 0.2) is 17.3 Å². The van der Waals surface area contributed by atoms with Gasteiger partial charge in [0.05, 0.1) is 46.8 Å². The van der Waals surface area contributed by atoms with Crippen LogP contribution in [0.3, 0.4) is 0 Å². The maximum Gasteiger partial charge on any atom is 0.416 e. The smallest absolute Gasteiger partial charge is 0.416 e. The Labute approximate surface area is 294 Å². The van der Waals surface area contributed by atoms with Crippen molar-refractivity contribution in [1.29, 1.82) is 0 Å². The average Bonchev–Trinajstić information content (AvgIpc) is 3.70. The molecule has 1 fully saturated rings. The second-order valence-electron chi connectivity index (χ2n) is 12.2. The molecule has 13 nitrogen and oxygen atoms in total. The fourth-order valence-electron chi connectivity index (χ4n) is 6.30. The Bertz CT molecular complexity index is 2190. The minimum atomic E-state index is -4.61. The third-order valence-corrected chi connectivity index (χ3v) is 9.27. The summed E-state index contributed by atoms with van der Waals surface area (Å²) in [7, 11) is 0. The number of halogens is 4. The monoisotopic (exact) mass is 726 g/mol. The Kier molecular flexibility index (Phi) is 9.74. The summed E-state index contributed by atoms with van der Waals surface area (Å²) in [5, 5.41) is 17.4. The number of hydrogen-bond donors (Lipinski definition) is 2. The van der Waals surface area contributed by atoms with Gasteiger partial charge in [-0.05, 0) is 75.5 Å². The molecule has 0 aliphatic carbocycles. The Balaban J connectivity index is 1.40. The second kappa shape index (κ2) is 13.9. The molecule has 1 saturated heterocycles. The molecule has 4 aromatic rings. The Morgan fingerprint density at radius 2 is 1.94 bits per heavy atom. The molecular formula is C34H34ClF3N8O5. The topological polar surface area (TPSA) is 157 Å². The van der Waals surface area contributed by atoms with E-state index in [4.69, 9.17) is 16.3 Å². The molecule has 3 aromatic heterocycles. The van der Waals surface area contributed by atoms with Crippen molar-refractivity contribution in [3.8, 4) is 5.75 Å². The van der Waals surface area contributed by atoms with E-state index in [0.29, 0.717) is 49.9 Å². The van der Waals surface area contributed by atoms with Gasteiger partial charge in [0.2, 0.25) is 11.7 Å². The van der Waals surface area contributed by atoms with Crippen LogP contribution in [-0.4, -0.2) is 76.8 Å². The summed E-state index contributed by atoms with van der Waals surface area (Å²) in [6, 6.07) is 2.14. The summed E-state index contributed by atoms with van der Waals surface area (Å²) in [6.07, 6.45) is 0.113. The third-order valence-electron chi connectivity index (χ3n) is 8.96. The molecule has 51 heavy (non-hydrogen) atoms. The van der Waals surface area contributed by atoms with E-state index < -0.39 is 35.2 Å². The lowest BCUT2D eigenvalue weighted by Crippen LogP contribution is -2.35. The first kappa shape index (κ1) is 35.7. The van der Waals surface area contributed by atoms with Gasteiger partial charge in [-0.1, -0.05) is 24.6 Å². The van der Waals surface area contributed by atoms with Gasteiger partial charge in [-0.15, -0.1) is 5.10 Å². The number of likely N-dealkylation sites (tertiary alicyclic amines) is 1. The van der Waals surface area contributed by atoms with Crippen molar-refractivity contribution in [2.75, 3.05) is 25.1 Å². The molecular weight excluding hydrogens is 693 g/mol. The van der Waals surface area contributed by atoms with Crippen LogP contribution >= 0.6 is 11.6 Å². The van der Waals surface area contributed by atoms with Crippen LogP contribution in [0.1, 0.15) is 71.3 Å². The SMILES string of the molecule is CCc1c(/C=C2\CCN(C(=O)c3nc(C)nc(C)c3O)[C@@H]2C)c(=O)n2nc(C3=CCOCC3)nc2n1CC(=O)Nc1ccc(C(F)(F)F)cc1Cl. The standard InChI is InChI=1S/C34H34ClF3N8O5/c1-5-26-23(14-21-8-11-44(18(21)3)32(50)28-29(48)17(2)39-19(4)40-28)31(49)46-33(42-30(43-46)20-9-12-51-13-10-20)45(26)16-27(47)41-25-7-6-22(15-24(25)35)34(36,37)38/h6-7,9,14-15,18,48H,5,8,10-13,16H2,1-4H3,(H,41,47)/b21-14+/t18-/m1/s1. The Hall–Kier alpha value is -5.09. The lowest BCUT2D eigenvalue weighted by Gasteiger charge is -2.22. The summed E-state index contributed by atoms with van der Waals surface area (Å²) in [6.45, 7) is 7.53. The highest BCUT2D eigenvalue weighted by atomic mass is 35.5. The zero-order valence-electron chi connectivity index (χ0n) is 28.1. The zero-order chi connectivity index (χ0) is 36.8. The van der Waals surface area contributed by atoms with Gasteiger partial charge in [-0.25, -0.2) is 9.97 Å². The van der Waals surface area contributed by atoms with Crippen LogP contribution in [0.5, 0.6) is 5.75 Å². The Morgan fingerprint density at radius 1 is 1.18 bits per heavy atom. The van der Waals surface area contributed by atoms with Gasteiger partial charge in [-0.2, -0.15) is 22.7 Å². The maximum atomic E-state index is 14.2. The van der Waals surface area contributed by atoms with Crippen LogP contribution in [0.25, 0.3) is 17.4 Å². The number of aromatic nitrogens is 6. The molecule has 6 rings (SSSR count). The summed E-state index contributed by atoms with van der Waals surface area (Å²) >= 11 is 6.12. The molecule has 17 heteroatoms. The van der Waals surface area contributed by atoms with Crippen LogP contribution < -0.4 is 10.9 Å². The first-order valence-electron chi connectivity index (χ1n) is 16.2. The van der Waals surface area contributed by atoms with Crippen LogP contribution in [0.4, 0.5) is 18.9 Å². The first-order valence-corrected chi connectivity index (χ1v) is 16.6. The van der Waals surface area contributed by atoms with Gasteiger partial charge in [0.1, 0.15) is 12.4 Å². The number of nitrogens with one attached hydrogen (secondary N) is 1. The number of carbonyl (C=O) groups is 2. The van der Waals surface area contributed by atoms with Crippen molar-refractivity contribution in [2.24, 2.45) is 0 Å². The van der Waals surface area contributed by atoms with E-state index in [2.05, 4.69) is 25.4 Å². The molecule has 0 bridgehead atoms. The molecule has 1 atom stereocenters. The molecule has 268 valence electrons. The molecule has 0 radical (unpaired) electrons. The zero-order valence-corrected chi connectivity index (χ0v) is 28.9. The van der Waals surface area contributed by atoms with E-state index in [1.807, 2.05) is 19.9 Å². The highest BCUT2D eigenvalue weighted by Gasteiger charge is 2.34. The summed E-state index contributed by atoms with van der Waals surface area (Å²) in [4.78, 5) is 55.7. The Morgan fingerprint density at radius 3 is 2.61 bits per heavy atom. The number of hydrogen-bond acceptors (Lipinski definition) is 9. The van der Waals surface area contributed by atoms with Crippen LogP contribution in [0.2, 0.25) is 5.02 Å². The molecule has 0 spiro atoms. The van der Waals surface area contributed by atoms with Crippen LogP contribution in [0.15, 0.2) is 34.6 Å². The third kappa shape index (κ3) is 6.97. The number of rotatable bonds is 7. The number of amides is 2. The number of nitrogens with zero attached hydrogens (tertiary/aromatic N) is 7. The summed E-state index contributed by atoms with van der Waals surface area (Å²) in [5.74, 6) is -0.684. The number of ether oxygens (including phenoxy) is 1. The minimum Gasteiger partial charge on any atom is -0.504 e. The van der Waals surface area contributed by atoms with Gasteiger partial charge in [-0.3, -0.25) is 14.4 Å². The van der Waals surface area contributed by atoms with E-state index >= 15 is 0 Å². The fraction of sp³-hybridized carbons (Fsp3) is 0.382. The van der Waals surface area contributed by atoms with Crippen molar-refractivity contribution in [2.45, 2.75) is 65.7 Å². The molecule has 0 saturated carbocycles. The number of benzene rings is 1. The number of alkyl halides is 3. The summed E-state index contributed by atoms with van der Waals surface area (Å²) in [5.41, 5.74) is 0.902. The first-order chi connectivity index (χ1) is 24.2. The second-order valence-corrected chi connectivity index (χ2v) is 12.7. The average molecular weight is 727 g/mol. The minimum absolute atomic E-state index is 0.0220. The van der Waals surface area contributed by atoms with Gasteiger partial charge >= 0.3 is 6.18 Å². The molecule has 2 N–H and O–H groups in total. The van der Waals surface area contributed by atoms with Crippen molar-refractivity contribution in [3.63, 3.8) is 0 Å². The van der Waals surface area contributed by atoms with Crippen molar-refractivity contribution in [3.05, 3.63) is 85.1 Å². The van der Waals surface area contributed by atoms with Crippen molar-refractivity contribution < 1.29 is 32.6 Å². The molecule has 2 aliphatic heterocycles. The number of aromatic hydroxyl groups is 1. The lowest BCUT2D eigenvalue weighted by molar-refractivity contribution is -0.137. The molecule has 2 amide bonds. The number of aryl methyl sites for hydroxylation is 2. The van der Waals surface area contributed by atoms with Gasteiger partial charge in [0.25, 0.3) is 11.5 Å². The summed E-state index contributed by atoms with van der Waals surface area (Å²) < 4.78 is 47.7. The van der Waals surface area contributed by atoms with E-state index in [1.54, 1.807) is 29.4 Å². The number of carbonyl (C=O) groups excluding carboxylic acids is 2. The lowest BCUT2D eigenvalue weighted by atomic mass is 10.0. The molecule has 1 aromatic carbocycles. The molecule has 0 unspecified atom stereocenters. The predicted molar refractivity (Wildman–Crippen MR) is 181 cm³/mol. The van der Waals surface area contributed by atoms with E-state index in [9.17, 15) is 32.7 Å².